The van der Waals surface area contributed by atoms with Gasteiger partial charge in [0.15, 0.2) is 0 Å². The Kier molecular flexibility index (Phi) is 5.48. The Morgan fingerprint density at radius 2 is 1.92 bits per heavy atom. The molecule has 7 nitrogen and oxygen atoms in total. The third-order valence-electron chi connectivity index (χ3n) is 5.92. The van der Waals surface area contributed by atoms with E-state index < -0.39 is 5.54 Å². The number of nitrogens with one attached hydrogen (secondary N) is 1. The van der Waals surface area contributed by atoms with E-state index in [-0.39, 0.29) is 11.9 Å². The van der Waals surface area contributed by atoms with Crippen LogP contribution in [0, 0.1) is 11.3 Å². The summed E-state index contributed by atoms with van der Waals surface area (Å²) in [6.45, 7) is 6.44. The molecule has 2 heterocycles. The molecular weight excluding hydrogens is 318 g/mol. The van der Waals surface area contributed by atoms with Crippen molar-refractivity contribution >= 4 is 11.9 Å². The molecule has 0 radical (unpaired) electrons. The first-order chi connectivity index (χ1) is 12.1. The maximum absolute atomic E-state index is 12.3. The Morgan fingerprint density at radius 3 is 2.48 bits per heavy atom. The fourth-order valence-electron chi connectivity index (χ4n) is 4.38. The van der Waals surface area contributed by atoms with Gasteiger partial charge in [-0.2, -0.15) is 5.26 Å². The number of nitrogens with zero attached hydrogens (tertiary/aromatic N) is 4. The van der Waals surface area contributed by atoms with Crippen LogP contribution >= 0.6 is 0 Å². The molecule has 25 heavy (non-hydrogen) atoms. The van der Waals surface area contributed by atoms with Crippen LogP contribution in [0.25, 0.3) is 0 Å². The summed E-state index contributed by atoms with van der Waals surface area (Å²) < 4.78 is 0. The van der Waals surface area contributed by atoms with Gasteiger partial charge in [-0.1, -0.05) is 0 Å². The lowest BCUT2D eigenvalue weighted by Gasteiger charge is -2.36. The number of carbonyl (C=O) groups excluding carboxylic acids is 2. The highest BCUT2D eigenvalue weighted by atomic mass is 16.2. The van der Waals surface area contributed by atoms with Crippen LogP contribution in [0.3, 0.4) is 0 Å². The molecule has 138 valence electrons. The summed E-state index contributed by atoms with van der Waals surface area (Å²) in [4.78, 5) is 30.7. The van der Waals surface area contributed by atoms with Gasteiger partial charge in [-0.3, -0.25) is 9.69 Å². The summed E-state index contributed by atoms with van der Waals surface area (Å²) >= 11 is 0. The van der Waals surface area contributed by atoms with E-state index in [1.165, 1.54) is 0 Å². The van der Waals surface area contributed by atoms with Gasteiger partial charge in [-0.25, -0.2) is 4.79 Å². The lowest BCUT2D eigenvalue weighted by atomic mass is 9.99. The van der Waals surface area contributed by atoms with E-state index in [2.05, 4.69) is 16.3 Å². The largest absolute Gasteiger partial charge is 0.337 e. The van der Waals surface area contributed by atoms with Gasteiger partial charge in [-0.05, 0) is 45.4 Å². The SMILES string of the molecule is CCN1CCN(C2CCN(CC(=O)NC3(C#N)CCCC3)CC2)C1=O. The summed E-state index contributed by atoms with van der Waals surface area (Å²) in [5, 5.41) is 12.3. The van der Waals surface area contributed by atoms with Crippen molar-refractivity contribution in [3.05, 3.63) is 0 Å². The fourth-order valence-corrected chi connectivity index (χ4v) is 4.38. The minimum Gasteiger partial charge on any atom is -0.337 e. The molecule has 0 aromatic carbocycles. The van der Waals surface area contributed by atoms with Crippen molar-refractivity contribution in [2.75, 3.05) is 39.3 Å². The number of hydrogen-bond acceptors (Lipinski definition) is 4. The zero-order valence-corrected chi connectivity index (χ0v) is 15.2. The average molecular weight is 347 g/mol. The highest BCUT2D eigenvalue weighted by Crippen LogP contribution is 2.29. The van der Waals surface area contributed by atoms with Gasteiger partial charge in [0.05, 0.1) is 12.6 Å². The Balaban J connectivity index is 1.44. The number of hydrogen-bond donors (Lipinski definition) is 1. The topological polar surface area (TPSA) is 79.7 Å². The highest BCUT2D eigenvalue weighted by molar-refractivity contribution is 5.79. The molecule has 7 heteroatoms. The molecule has 0 aromatic heterocycles. The molecule has 1 saturated carbocycles. The van der Waals surface area contributed by atoms with Crippen molar-refractivity contribution in [2.45, 2.75) is 57.0 Å². The molecule has 0 aromatic rings. The van der Waals surface area contributed by atoms with Gasteiger partial charge in [0, 0.05) is 38.8 Å². The highest BCUT2D eigenvalue weighted by Gasteiger charge is 2.37. The van der Waals surface area contributed by atoms with Gasteiger partial charge >= 0.3 is 6.03 Å². The molecule has 1 aliphatic carbocycles. The minimum absolute atomic E-state index is 0.0451. The predicted molar refractivity (Wildman–Crippen MR) is 93.8 cm³/mol. The van der Waals surface area contributed by atoms with E-state index in [1.807, 2.05) is 16.7 Å². The Bertz CT molecular complexity index is 544. The van der Waals surface area contributed by atoms with E-state index in [1.54, 1.807) is 0 Å². The number of piperidine rings is 1. The number of likely N-dealkylation sites (N-methyl/N-ethyl adjacent to an activating group) is 1. The van der Waals surface area contributed by atoms with Crippen molar-refractivity contribution in [1.82, 2.24) is 20.0 Å². The van der Waals surface area contributed by atoms with Crippen molar-refractivity contribution in [2.24, 2.45) is 0 Å². The molecule has 1 N–H and O–H groups in total. The fraction of sp³-hybridized carbons (Fsp3) is 0.833. The zero-order chi connectivity index (χ0) is 17.9. The molecule has 3 fully saturated rings. The molecule has 3 aliphatic rings. The van der Waals surface area contributed by atoms with Crippen LogP contribution in [0.1, 0.15) is 45.4 Å². The molecule has 3 rings (SSSR count). The van der Waals surface area contributed by atoms with E-state index in [0.29, 0.717) is 12.6 Å². The normalized spacial score (nSPS) is 24.6. The van der Waals surface area contributed by atoms with Crippen molar-refractivity contribution < 1.29 is 9.59 Å². The average Bonchev–Trinajstić information content (AvgIpc) is 3.22. The van der Waals surface area contributed by atoms with Crippen LogP contribution in [-0.4, -0.2) is 77.5 Å². The van der Waals surface area contributed by atoms with Crippen LogP contribution in [0.15, 0.2) is 0 Å². The second kappa shape index (κ2) is 7.61. The monoisotopic (exact) mass is 347 g/mol. The first kappa shape index (κ1) is 18.0. The first-order valence-corrected chi connectivity index (χ1v) is 9.57. The van der Waals surface area contributed by atoms with Gasteiger partial charge in [-0.15, -0.1) is 0 Å². The Morgan fingerprint density at radius 1 is 1.24 bits per heavy atom. The van der Waals surface area contributed by atoms with Gasteiger partial charge < -0.3 is 15.1 Å². The number of rotatable bonds is 5. The first-order valence-electron chi connectivity index (χ1n) is 9.57. The van der Waals surface area contributed by atoms with E-state index in [0.717, 1.165) is 71.2 Å². The van der Waals surface area contributed by atoms with Crippen LogP contribution in [0.5, 0.6) is 0 Å². The molecule has 0 spiro atoms. The molecule has 2 aliphatic heterocycles. The molecule has 0 atom stereocenters. The van der Waals surface area contributed by atoms with Crippen LogP contribution in [0.2, 0.25) is 0 Å². The summed E-state index contributed by atoms with van der Waals surface area (Å²) in [7, 11) is 0. The summed E-state index contributed by atoms with van der Waals surface area (Å²) in [5.41, 5.74) is -0.638. The predicted octanol–water partition coefficient (Wildman–Crippen LogP) is 1.16. The Labute approximate surface area is 149 Å². The third kappa shape index (κ3) is 3.90. The van der Waals surface area contributed by atoms with E-state index in [9.17, 15) is 14.9 Å². The summed E-state index contributed by atoms with van der Waals surface area (Å²) in [6, 6.07) is 2.76. The molecule has 0 bridgehead atoms. The van der Waals surface area contributed by atoms with E-state index >= 15 is 0 Å². The Hall–Kier alpha value is -1.81. The lowest BCUT2D eigenvalue weighted by molar-refractivity contribution is -0.123. The third-order valence-corrected chi connectivity index (χ3v) is 5.92. The summed E-state index contributed by atoms with van der Waals surface area (Å²) in [5.74, 6) is -0.0451. The zero-order valence-electron chi connectivity index (χ0n) is 15.2. The second-order valence-corrected chi connectivity index (χ2v) is 7.51. The molecule has 2 saturated heterocycles. The van der Waals surface area contributed by atoms with Gasteiger partial charge in [0.25, 0.3) is 0 Å². The smallest absolute Gasteiger partial charge is 0.320 e. The number of urea groups is 1. The summed E-state index contributed by atoms with van der Waals surface area (Å²) in [6.07, 6.45) is 5.39. The van der Waals surface area contributed by atoms with Crippen LogP contribution in [-0.2, 0) is 4.79 Å². The minimum atomic E-state index is -0.638. The number of nitriles is 1. The second-order valence-electron chi connectivity index (χ2n) is 7.51. The lowest BCUT2D eigenvalue weighted by Crippen LogP contribution is -2.52. The van der Waals surface area contributed by atoms with Crippen LogP contribution in [0.4, 0.5) is 4.79 Å². The standard InChI is InChI=1S/C18H29N5O2/c1-2-22-11-12-23(17(22)25)15-5-9-21(10-6-15)13-16(24)20-18(14-19)7-3-4-8-18/h15H,2-13H2,1H3,(H,20,24). The van der Waals surface area contributed by atoms with Crippen molar-refractivity contribution in [3.63, 3.8) is 0 Å². The maximum Gasteiger partial charge on any atom is 0.320 e. The van der Waals surface area contributed by atoms with Crippen LogP contribution < -0.4 is 5.32 Å². The number of amides is 3. The quantitative estimate of drug-likeness (QED) is 0.809. The molecule has 3 amide bonds. The van der Waals surface area contributed by atoms with Crippen molar-refractivity contribution in [3.8, 4) is 6.07 Å². The van der Waals surface area contributed by atoms with E-state index in [4.69, 9.17) is 0 Å². The number of carbonyl (C=O) groups is 2. The maximum atomic E-state index is 12.3. The van der Waals surface area contributed by atoms with Gasteiger partial charge in [0.1, 0.15) is 5.54 Å². The number of likely N-dealkylation sites (tertiary alicyclic amines) is 1. The van der Waals surface area contributed by atoms with Gasteiger partial charge in [0.2, 0.25) is 5.91 Å². The van der Waals surface area contributed by atoms with Crippen molar-refractivity contribution in [1.29, 1.82) is 5.26 Å². The molecule has 0 unspecified atom stereocenters. The molecular formula is C18H29N5O2.